The van der Waals surface area contributed by atoms with Gasteiger partial charge in [0, 0.05) is 11.3 Å². The Kier molecular flexibility index (Phi) is 5.21. The quantitative estimate of drug-likeness (QED) is 0.628. The van der Waals surface area contributed by atoms with Gasteiger partial charge in [-0.2, -0.15) is 0 Å². The highest BCUT2D eigenvalue weighted by molar-refractivity contribution is 7.09. The summed E-state index contributed by atoms with van der Waals surface area (Å²) < 4.78 is 0. The van der Waals surface area contributed by atoms with Crippen molar-refractivity contribution in [1.29, 1.82) is 0 Å². The first-order chi connectivity index (χ1) is 14.1. The van der Waals surface area contributed by atoms with E-state index < -0.39 is 5.60 Å². The lowest BCUT2D eigenvalue weighted by Crippen LogP contribution is -2.59. The van der Waals surface area contributed by atoms with E-state index >= 15 is 0 Å². The molecule has 0 amide bonds. The molecule has 4 heteroatoms. The maximum atomic E-state index is 11.6. The van der Waals surface area contributed by atoms with Gasteiger partial charge in [0.15, 0.2) is 0 Å². The molecule has 0 saturated heterocycles. The normalized spacial score (nSPS) is 50.3. The van der Waals surface area contributed by atoms with Crippen molar-refractivity contribution in [2.24, 2.45) is 40.4 Å². The number of thiophene rings is 1. The Labute approximate surface area is 185 Å². The van der Waals surface area contributed by atoms with E-state index in [1.165, 1.54) is 24.1 Å². The maximum Gasteiger partial charge on any atom is 0.0701 e. The fourth-order valence-corrected chi connectivity index (χ4v) is 10.1. The Morgan fingerprint density at radius 3 is 2.47 bits per heavy atom. The summed E-state index contributed by atoms with van der Waals surface area (Å²) in [6, 6.07) is 4.24. The van der Waals surface area contributed by atoms with E-state index in [-0.39, 0.29) is 29.0 Å². The Hall–Kier alpha value is -0.420. The highest BCUT2D eigenvalue weighted by Crippen LogP contribution is 2.68. The smallest absolute Gasteiger partial charge is 0.0701 e. The van der Waals surface area contributed by atoms with Crippen LogP contribution in [0, 0.1) is 40.4 Å². The molecule has 0 spiro atoms. The highest BCUT2D eigenvalue weighted by Gasteiger charge is 2.63. The van der Waals surface area contributed by atoms with Crippen LogP contribution in [0.5, 0.6) is 0 Å². The summed E-state index contributed by atoms with van der Waals surface area (Å²) in [6.07, 6.45) is 8.60. The largest absolute Gasteiger partial charge is 0.393 e. The van der Waals surface area contributed by atoms with Crippen LogP contribution in [0.1, 0.15) is 77.0 Å². The summed E-state index contributed by atoms with van der Waals surface area (Å²) >= 11 is 1.75. The van der Waals surface area contributed by atoms with Crippen LogP contribution in [0.3, 0.4) is 0 Å². The molecule has 4 aliphatic rings. The molecule has 4 fully saturated rings. The predicted molar refractivity (Wildman–Crippen MR) is 121 cm³/mol. The third-order valence-corrected chi connectivity index (χ3v) is 11.4. The van der Waals surface area contributed by atoms with Gasteiger partial charge in [-0.05, 0) is 110 Å². The van der Waals surface area contributed by atoms with E-state index in [0.717, 1.165) is 38.5 Å². The van der Waals surface area contributed by atoms with Gasteiger partial charge in [0.25, 0.3) is 0 Å². The van der Waals surface area contributed by atoms with Crippen LogP contribution in [0.2, 0.25) is 0 Å². The Morgan fingerprint density at radius 1 is 1.00 bits per heavy atom. The molecule has 1 aromatic heterocycles. The van der Waals surface area contributed by atoms with Crippen LogP contribution in [0.15, 0.2) is 17.5 Å². The van der Waals surface area contributed by atoms with Gasteiger partial charge >= 0.3 is 0 Å². The number of fused-ring (bicyclic) bond motifs is 5. The van der Waals surface area contributed by atoms with Gasteiger partial charge in [-0.1, -0.05) is 19.9 Å². The second-order valence-electron chi connectivity index (χ2n) is 12.0. The summed E-state index contributed by atoms with van der Waals surface area (Å²) in [6.45, 7) is 6.96. The maximum absolute atomic E-state index is 11.6. The second kappa shape index (κ2) is 7.30. The zero-order valence-electron chi connectivity index (χ0n) is 18.9. The number of hydrogen-bond acceptors (Lipinski definition) is 4. The number of hydrogen-bond donors (Lipinski definition) is 3. The molecule has 5 rings (SSSR count). The standard InChI is InChI=1S/C26H40O3S/c1-24-10-8-16(27)13-21(24)22(28)14-18-19-6-7-23(25(19,2)11-9-20(18)24)26(3,29)15-17-5-4-12-30-17/h4-5,12,16,18-23,27-29H,6-11,13-15H2,1-3H3/t16-,18-,19-,20-,21+,22-,23-,24+,25-,26-/m0/s1. The van der Waals surface area contributed by atoms with Gasteiger partial charge in [-0.3, -0.25) is 0 Å². The van der Waals surface area contributed by atoms with Crippen molar-refractivity contribution < 1.29 is 15.3 Å². The van der Waals surface area contributed by atoms with Crippen molar-refractivity contribution in [2.75, 3.05) is 0 Å². The van der Waals surface area contributed by atoms with Crippen molar-refractivity contribution in [2.45, 2.75) is 96.4 Å². The summed E-state index contributed by atoms with van der Waals surface area (Å²) in [5.41, 5.74) is -0.338. The third-order valence-electron chi connectivity index (χ3n) is 10.5. The van der Waals surface area contributed by atoms with Crippen LogP contribution >= 0.6 is 11.3 Å². The van der Waals surface area contributed by atoms with E-state index in [2.05, 4.69) is 38.3 Å². The second-order valence-corrected chi connectivity index (χ2v) is 13.0. The van der Waals surface area contributed by atoms with Crippen LogP contribution in [-0.2, 0) is 6.42 Å². The van der Waals surface area contributed by atoms with E-state index in [1.54, 1.807) is 11.3 Å². The van der Waals surface area contributed by atoms with E-state index in [9.17, 15) is 15.3 Å². The van der Waals surface area contributed by atoms with E-state index in [0.29, 0.717) is 23.7 Å². The first-order valence-electron chi connectivity index (χ1n) is 12.3. The molecule has 0 bridgehead atoms. The van der Waals surface area contributed by atoms with Gasteiger partial charge < -0.3 is 15.3 Å². The summed E-state index contributed by atoms with van der Waals surface area (Å²) in [7, 11) is 0. The SMILES string of the molecule is C[C@]12CC[C@H](O)C[C@@H]1[C@@H](O)C[C@@H]1[C@@H]2CC[C@@]2(C)[C@H]1CC[C@@H]2[C@@](C)(O)Cc1cccs1. The number of aliphatic hydroxyl groups is 3. The number of aliphatic hydroxyl groups excluding tert-OH is 2. The van der Waals surface area contributed by atoms with Gasteiger partial charge in [0.1, 0.15) is 0 Å². The molecular weight excluding hydrogens is 392 g/mol. The molecule has 0 aliphatic heterocycles. The first-order valence-corrected chi connectivity index (χ1v) is 13.1. The zero-order chi connectivity index (χ0) is 21.3. The van der Waals surface area contributed by atoms with Crippen molar-refractivity contribution in [3.05, 3.63) is 22.4 Å². The van der Waals surface area contributed by atoms with Crippen molar-refractivity contribution >= 4 is 11.3 Å². The minimum atomic E-state index is -0.671. The van der Waals surface area contributed by atoms with E-state index in [4.69, 9.17) is 0 Å². The molecule has 0 unspecified atom stereocenters. The molecule has 4 aliphatic carbocycles. The molecule has 1 heterocycles. The van der Waals surface area contributed by atoms with Crippen LogP contribution < -0.4 is 0 Å². The van der Waals surface area contributed by atoms with Crippen molar-refractivity contribution in [1.82, 2.24) is 0 Å². The molecule has 10 atom stereocenters. The zero-order valence-corrected chi connectivity index (χ0v) is 19.7. The Bertz CT molecular complexity index is 760. The number of rotatable bonds is 3. The molecule has 168 valence electrons. The molecule has 3 nitrogen and oxygen atoms in total. The average molecular weight is 433 g/mol. The molecule has 0 aromatic carbocycles. The molecule has 0 radical (unpaired) electrons. The van der Waals surface area contributed by atoms with Gasteiger partial charge in [-0.25, -0.2) is 0 Å². The van der Waals surface area contributed by atoms with E-state index in [1.807, 2.05) is 0 Å². The lowest BCUT2D eigenvalue weighted by Gasteiger charge is -2.62. The summed E-state index contributed by atoms with van der Waals surface area (Å²) in [4.78, 5) is 1.28. The van der Waals surface area contributed by atoms with Crippen molar-refractivity contribution in [3.63, 3.8) is 0 Å². The lowest BCUT2D eigenvalue weighted by atomic mass is 9.43. The molecule has 4 saturated carbocycles. The fraction of sp³-hybridized carbons (Fsp3) is 0.846. The Morgan fingerprint density at radius 2 is 1.73 bits per heavy atom. The van der Waals surface area contributed by atoms with Crippen LogP contribution in [-0.4, -0.2) is 33.1 Å². The first kappa shape index (κ1) is 21.4. The lowest BCUT2D eigenvalue weighted by molar-refractivity contribution is -0.178. The summed E-state index contributed by atoms with van der Waals surface area (Å²) in [5.74, 6) is 2.42. The van der Waals surface area contributed by atoms with Crippen LogP contribution in [0.25, 0.3) is 0 Å². The van der Waals surface area contributed by atoms with Crippen LogP contribution in [0.4, 0.5) is 0 Å². The minimum Gasteiger partial charge on any atom is -0.393 e. The topological polar surface area (TPSA) is 60.7 Å². The predicted octanol–water partition coefficient (Wildman–Crippen LogP) is 5.03. The fourth-order valence-electron chi connectivity index (χ4n) is 9.19. The monoisotopic (exact) mass is 432 g/mol. The Balaban J connectivity index is 1.41. The average Bonchev–Trinajstić information content (AvgIpc) is 3.30. The van der Waals surface area contributed by atoms with Gasteiger partial charge in [0.05, 0.1) is 17.8 Å². The summed E-state index contributed by atoms with van der Waals surface area (Å²) in [5, 5.41) is 35.2. The van der Waals surface area contributed by atoms with Crippen molar-refractivity contribution in [3.8, 4) is 0 Å². The van der Waals surface area contributed by atoms with Gasteiger partial charge in [-0.15, -0.1) is 11.3 Å². The molecule has 30 heavy (non-hydrogen) atoms. The minimum absolute atomic E-state index is 0.166. The van der Waals surface area contributed by atoms with Gasteiger partial charge in [0.2, 0.25) is 0 Å². The highest BCUT2D eigenvalue weighted by atomic mass is 32.1. The molecule has 3 N–H and O–H groups in total. The molecule has 1 aromatic rings. The third kappa shape index (κ3) is 3.16. The molecular formula is C26H40O3S.